The zero-order valence-electron chi connectivity index (χ0n) is 18.0. The predicted octanol–water partition coefficient (Wildman–Crippen LogP) is 6.32. The van der Waals surface area contributed by atoms with Gasteiger partial charge in [-0.3, -0.25) is 4.98 Å². The Morgan fingerprint density at radius 2 is 1.73 bits per heavy atom. The van der Waals surface area contributed by atoms with Crippen molar-refractivity contribution >= 4 is 39.8 Å². The summed E-state index contributed by atoms with van der Waals surface area (Å²) in [6, 6.07) is 21.2. The van der Waals surface area contributed by atoms with Crippen molar-refractivity contribution in [2.45, 2.75) is 19.6 Å². The van der Waals surface area contributed by atoms with Gasteiger partial charge in [0.25, 0.3) is 0 Å². The maximum Gasteiger partial charge on any atom is 0.137 e. The highest BCUT2D eigenvalue weighted by Crippen LogP contribution is 2.29. The summed E-state index contributed by atoms with van der Waals surface area (Å²) in [5.41, 5.74) is 5.51. The minimum atomic E-state index is 0.559. The Kier molecular flexibility index (Phi) is 7.31. The number of nitrogens with zero attached hydrogens (tertiary/aromatic N) is 2. The number of nitriles is 1. The van der Waals surface area contributed by atoms with Gasteiger partial charge in [0.05, 0.1) is 29.3 Å². The summed E-state index contributed by atoms with van der Waals surface area (Å²) >= 11 is 12.3. The summed E-state index contributed by atoms with van der Waals surface area (Å²) in [6.45, 7) is 1.86. The van der Waals surface area contributed by atoms with Crippen LogP contribution in [-0.4, -0.2) is 12.1 Å². The van der Waals surface area contributed by atoms with Gasteiger partial charge in [0.1, 0.15) is 5.75 Å². The molecule has 1 aromatic heterocycles. The monoisotopic (exact) mass is 476 g/mol. The van der Waals surface area contributed by atoms with Gasteiger partial charge in [0, 0.05) is 47.5 Å². The van der Waals surface area contributed by atoms with Crippen LogP contribution in [0, 0.1) is 11.3 Å². The van der Waals surface area contributed by atoms with Gasteiger partial charge in [-0.2, -0.15) is 5.26 Å². The van der Waals surface area contributed by atoms with Crippen molar-refractivity contribution < 1.29 is 4.74 Å². The summed E-state index contributed by atoms with van der Waals surface area (Å²) in [5.74, 6) is 0.639. The third-order valence-corrected chi connectivity index (χ3v) is 5.87. The number of hydrogen-bond donors (Lipinski definition) is 2. The fraction of sp³-hybridized carbons (Fsp3) is 0.154. The van der Waals surface area contributed by atoms with Crippen molar-refractivity contribution in [3.63, 3.8) is 0 Å². The number of rotatable bonds is 8. The second-order valence-corrected chi connectivity index (χ2v) is 8.40. The van der Waals surface area contributed by atoms with Gasteiger partial charge in [-0.15, -0.1) is 0 Å². The number of fused-ring (bicyclic) bond motifs is 1. The molecule has 4 aromatic rings. The highest BCUT2D eigenvalue weighted by molar-refractivity contribution is 6.32. The Labute approximate surface area is 202 Å². The minimum absolute atomic E-state index is 0.559. The maximum absolute atomic E-state index is 9.39. The van der Waals surface area contributed by atoms with Crippen molar-refractivity contribution in [2.75, 3.05) is 12.4 Å². The van der Waals surface area contributed by atoms with E-state index >= 15 is 0 Å². The molecule has 0 atom stereocenters. The van der Waals surface area contributed by atoms with Crippen LogP contribution in [0.25, 0.3) is 10.9 Å². The van der Waals surface area contributed by atoms with Crippen molar-refractivity contribution in [1.82, 2.24) is 10.3 Å². The first kappa shape index (κ1) is 22.9. The first-order valence-electron chi connectivity index (χ1n) is 10.4. The molecule has 33 heavy (non-hydrogen) atoms. The van der Waals surface area contributed by atoms with E-state index in [1.807, 2.05) is 60.8 Å². The van der Waals surface area contributed by atoms with E-state index in [2.05, 4.69) is 21.7 Å². The molecule has 0 saturated heterocycles. The number of methoxy groups -OCH3 is 1. The fourth-order valence-electron chi connectivity index (χ4n) is 3.60. The van der Waals surface area contributed by atoms with Crippen LogP contribution in [0.1, 0.15) is 22.3 Å². The van der Waals surface area contributed by atoms with Gasteiger partial charge in [0.15, 0.2) is 0 Å². The van der Waals surface area contributed by atoms with Crippen LogP contribution in [0.2, 0.25) is 10.0 Å². The Balaban J connectivity index is 1.60. The van der Waals surface area contributed by atoms with Crippen LogP contribution in [-0.2, 0) is 19.6 Å². The predicted molar refractivity (Wildman–Crippen MR) is 134 cm³/mol. The van der Waals surface area contributed by atoms with Gasteiger partial charge >= 0.3 is 0 Å². The lowest BCUT2D eigenvalue weighted by Crippen LogP contribution is -2.15. The molecule has 0 spiro atoms. The molecule has 0 saturated carbocycles. The van der Waals surface area contributed by atoms with Gasteiger partial charge in [-0.05, 0) is 53.6 Å². The van der Waals surface area contributed by atoms with E-state index in [4.69, 9.17) is 27.9 Å². The van der Waals surface area contributed by atoms with Crippen molar-refractivity contribution in [1.29, 1.82) is 5.26 Å². The van der Waals surface area contributed by atoms with E-state index in [1.165, 1.54) is 0 Å². The largest absolute Gasteiger partial charge is 0.495 e. The van der Waals surface area contributed by atoms with E-state index in [1.54, 1.807) is 13.2 Å². The molecule has 0 amide bonds. The van der Waals surface area contributed by atoms with Crippen LogP contribution in [0.5, 0.6) is 5.75 Å². The van der Waals surface area contributed by atoms with Gasteiger partial charge in [0.2, 0.25) is 0 Å². The highest BCUT2D eigenvalue weighted by Gasteiger charge is 2.11. The number of halogens is 2. The molecule has 166 valence electrons. The quantitative estimate of drug-likeness (QED) is 0.311. The maximum atomic E-state index is 9.39. The lowest BCUT2D eigenvalue weighted by Gasteiger charge is -2.16. The molecule has 0 aliphatic heterocycles. The van der Waals surface area contributed by atoms with Gasteiger partial charge in [-0.25, -0.2) is 0 Å². The number of benzene rings is 3. The Bertz CT molecular complexity index is 1320. The molecular formula is C26H22Cl2N4O. The summed E-state index contributed by atoms with van der Waals surface area (Å²) in [4.78, 5) is 4.60. The normalized spacial score (nSPS) is 10.7. The molecular weight excluding hydrogens is 455 g/mol. The zero-order valence-corrected chi connectivity index (χ0v) is 19.5. The standard InChI is InChI=1S/C26H22Cl2N4O/c1-33-25-9-5-19(11-23(25)28)14-32-26-20(15-30-13-17-2-6-21(27)7-3-17)16-31-24-8-4-18(12-29)10-22(24)26/h2-11,16,30H,13-15H2,1H3,(H,31,32). The Hall–Kier alpha value is -3.30. The van der Waals surface area contributed by atoms with E-state index in [0.717, 1.165) is 38.3 Å². The molecule has 4 rings (SSSR count). The fourth-order valence-corrected chi connectivity index (χ4v) is 4.01. The summed E-state index contributed by atoms with van der Waals surface area (Å²) in [6.07, 6.45) is 1.87. The smallest absolute Gasteiger partial charge is 0.137 e. The number of aromatic nitrogens is 1. The third-order valence-electron chi connectivity index (χ3n) is 5.32. The lowest BCUT2D eigenvalue weighted by atomic mass is 10.1. The van der Waals surface area contributed by atoms with Gasteiger partial charge in [-0.1, -0.05) is 41.4 Å². The van der Waals surface area contributed by atoms with Crippen LogP contribution >= 0.6 is 23.2 Å². The molecule has 0 aliphatic carbocycles. The van der Waals surface area contributed by atoms with Crippen LogP contribution in [0.15, 0.2) is 66.9 Å². The molecule has 0 bridgehead atoms. The average Bonchev–Trinajstić information content (AvgIpc) is 2.84. The van der Waals surface area contributed by atoms with Crippen LogP contribution in [0.3, 0.4) is 0 Å². The molecule has 0 unspecified atom stereocenters. The van der Waals surface area contributed by atoms with E-state index in [9.17, 15) is 5.26 Å². The number of hydrogen-bond acceptors (Lipinski definition) is 5. The third kappa shape index (κ3) is 5.55. The molecule has 7 heteroatoms. The molecule has 1 heterocycles. The average molecular weight is 477 g/mol. The van der Waals surface area contributed by atoms with Crippen molar-refractivity contribution in [2.24, 2.45) is 0 Å². The molecule has 5 nitrogen and oxygen atoms in total. The van der Waals surface area contributed by atoms with E-state index in [-0.39, 0.29) is 0 Å². The van der Waals surface area contributed by atoms with Crippen LogP contribution < -0.4 is 15.4 Å². The zero-order chi connectivity index (χ0) is 23.2. The van der Waals surface area contributed by atoms with E-state index < -0.39 is 0 Å². The summed E-state index contributed by atoms with van der Waals surface area (Å²) in [7, 11) is 1.60. The summed E-state index contributed by atoms with van der Waals surface area (Å²) in [5, 5.41) is 18.6. The van der Waals surface area contributed by atoms with Crippen molar-refractivity contribution in [3.8, 4) is 11.8 Å². The second kappa shape index (κ2) is 10.5. The lowest BCUT2D eigenvalue weighted by molar-refractivity contribution is 0.415. The summed E-state index contributed by atoms with van der Waals surface area (Å²) < 4.78 is 5.25. The number of anilines is 1. The Morgan fingerprint density at radius 3 is 2.45 bits per heavy atom. The SMILES string of the molecule is COc1ccc(CNc2c(CNCc3ccc(Cl)cc3)cnc3ccc(C#N)cc23)cc1Cl. The molecule has 0 aliphatic rings. The minimum Gasteiger partial charge on any atom is -0.495 e. The van der Waals surface area contributed by atoms with Crippen LogP contribution in [0.4, 0.5) is 5.69 Å². The second-order valence-electron chi connectivity index (χ2n) is 7.55. The van der Waals surface area contributed by atoms with Crippen molar-refractivity contribution in [3.05, 3.63) is 99.2 Å². The molecule has 3 aromatic carbocycles. The highest BCUT2D eigenvalue weighted by atomic mass is 35.5. The first-order chi connectivity index (χ1) is 16.1. The molecule has 0 radical (unpaired) electrons. The topological polar surface area (TPSA) is 70.0 Å². The van der Waals surface area contributed by atoms with E-state index in [0.29, 0.717) is 36.0 Å². The molecule has 2 N–H and O–H groups in total. The van der Waals surface area contributed by atoms with Gasteiger partial charge < -0.3 is 15.4 Å². The number of pyridine rings is 1. The number of ether oxygens (including phenoxy) is 1. The first-order valence-corrected chi connectivity index (χ1v) is 11.2. The number of nitrogens with one attached hydrogen (secondary N) is 2. The molecule has 0 fully saturated rings. The Morgan fingerprint density at radius 1 is 0.939 bits per heavy atom.